The van der Waals surface area contributed by atoms with Crippen molar-refractivity contribution in [1.82, 2.24) is 4.90 Å². The van der Waals surface area contributed by atoms with Gasteiger partial charge >= 0.3 is 6.09 Å². The molecule has 1 amide bonds. The van der Waals surface area contributed by atoms with Crippen molar-refractivity contribution in [2.75, 3.05) is 6.61 Å². The average molecular weight is 321 g/mol. The minimum absolute atomic E-state index is 0.0302. The van der Waals surface area contributed by atoms with Crippen molar-refractivity contribution < 1.29 is 9.53 Å². The van der Waals surface area contributed by atoms with E-state index in [-0.39, 0.29) is 18.2 Å². The molecule has 5 rings (SSSR count). The van der Waals surface area contributed by atoms with E-state index in [0.29, 0.717) is 6.61 Å². The lowest BCUT2D eigenvalue weighted by atomic mass is 9.90. The Balaban J connectivity index is 1.78. The predicted octanol–water partition coefficient (Wildman–Crippen LogP) is 4.37. The molecule has 2 aliphatic heterocycles. The highest BCUT2D eigenvalue weighted by Crippen LogP contribution is 2.47. The third-order valence-corrected chi connectivity index (χ3v) is 6.08. The van der Waals surface area contributed by atoms with Crippen LogP contribution >= 0.6 is 11.3 Å². The van der Waals surface area contributed by atoms with Gasteiger partial charge < -0.3 is 4.74 Å². The zero-order valence-corrected chi connectivity index (χ0v) is 13.3. The summed E-state index contributed by atoms with van der Waals surface area (Å²) in [5, 5.41) is 1.33. The molecule has 1 saturated heterocycles. The number of fused-ring (bicyclic) bond motifs is 4. The largest absolute Gasteiger partial charge is 0.447 e. The summed E-state index contributed by atoms with van der Waals surface area (Å²) in [5.41, 5.74) is 2.54. The topological polar surface area (TPSA) is 29.5 Å². The van der Waals surface area contributed by atoms with Crippen molar-refractivity contribution in [1.29, 1.82) is 0 Å². The molecule has 23 heavy (non-hydrogen) atoms. The van der Waals surface area contributed by atoms with Crippen molar-refractivity contribution in [2.45, 2.75) is 18.5 Å². The molecule has 0 N–H and O–H groups in total. The molecular formula is C19H15NO2S. The summed E-state index contributed by atoms with van der Waals surface area (Å²) >= 11 is 1.80. The van der Waals surface area contributed by atoms with E-state index in [2.05, 4.69) is 36.4 Å². The molecule has 114 valence electrons. The first-order valence-electron chi connectivity index (χ1n) is 7.83. The Morgan fingerprint density at radius 1 is 1.04 bits per heavy atom. The van der Waals surface area contributed by atoms with Crippen molar-refractivity contribution in [3.8, 4) is 0 Å². The number of rotatable bonds is 1. The Labute approximate surface area is 138 Å². The third kappa shape index (κ3) is 1.85. The van der Waals surface area contributed by atoms with E-state index in [9.17, 15) is 4.79 Å². The molecule has 2 aliphatic rings. The first kappa shape index (κ1) is 13.1. The molecule has 0 bridgehead atoms. The summed E-state index contributed by atoms with van der Waals surface area (Å²) in [6.45, 7) is 0.492. The van der Waals surface area contributed by atoms with Crippen molar-refractivity contribution in [3.05, 3.63) is 70.6 Å². The number of hydrogen-bond donors (Lipinski definition) is 0. The van der Waals surface area contributed by atoms with E-state index >= 15 is 0 Å². The molecule has 3 nitrogen and oxygen atoms in total. The second-order valence-electron chi connectivity index (χ2n) is 6.10. The molecule has 3 aromatic rings. The summed E-state index contributed by atoms with van der Waals surface area (Å²) in [6.07, 6.45) is 0.695. The van der Waals surface area contributed by atoms with Crippen molar-refractivity contribution >= 4 is 27.5 Å². The Kier molecular flexibility index (Phi) is 2.76. The molecule has 0 radical (unpaired) electrons. The number of thiophene rings is 1. The highest BCUT2D eigenvalue weighted by molar-refractivity contribution is 7.19. The van der Waals surface area contributed by atoms with Crippen LogP contribution in [0.4, 0.5) is 4.79 Å². The van der Waals surface area contributed by atoms with Gasteiger partial charge in [0.1, 0.15) is 6.61 Å². The van der Waals surface area contributed by atoms with Crippen LogP contribution in [0.3, 0.4) is 0 Å². The van der Waals surface area contributed by atoms with E-state index in [1.165, 1.54) is 20.5 Å². The highest BCUT2D eigenvalue weighted by Gasteiger charge is 2.45. The number of ether oxygens (including phenoxy) is 1. The van der Waals surface area contributed by atoms with E-state index in [0.717, 1.165) is 12.0 Å². The summed E-state index contributed by atoms with van der Waals surface area (Å²) in [7, 11) is 0. The Morgan fingerprint density at radius 2 is 1.83 bits per heavy atom. The fraction of sp³-hybridized carbons (Fsp3) is 0.211. The summed E-state index contributed by atoms with van der Waals surface area (Å²) < 4.78 is 6.65. The molecule has 2 aromatic carbocycles. The van der Waals surface area contributed by atoms with Gasteiger partial charge in [0.15, 0.2) is 0 Å². The fourth-order valence-corrected chi connectivity index (χ4v) is 5.17. The molecular weight excluding hydrogens is 306 g/mol. The van der Waals surface area contributed by atoms with Crippen LogP contribution in [-0.2, 0) is 11.2 Å². The second kappa shape index (κ2) is 4.83. The molecule has 1 fully saturated rings. The number of amides is 1. The van der Waals surface area contributed by atoms with Gasteiger partial charge in [0.05, 0.1) is 12.1 Å². The van der Waals surface area contributed by atoms with Gasteiger partial charge in [0.2, 0.25) is 0 Å². The van der Waals surface area contributed by atoms with Crippen molar-refractivity contribution in [2.24, 2.45) is 0 Å². The van der Waals surface area contributed by atoms with Crippen LogP contribution in [-0.4, -0.2) is 23.6 Å². The van der Waals surface area contributed by atoms with Crippen LogP contribution in [0.2, 0.25) is 0 Å². The van der Waals surface area contributed by atoms with Crippen LogP contribution in [0.15, 0.2) is 54.6 Å². The standard InChI is InChI=1S/C19H15NO2S/c21-19-20-13(11-22-19)10-15-14-8-4-5-9-16(14)23-18(15)17(20)12-6-2-1-3-7-12/h1-9,13,17H,10-11H2/t13-,17+/m0/s1. The summed E-state index contributed by atoms with van der Waals surface area (Å²) in [6, 6.07) is 18.9. The maximum absolute atomic E-state index is 12.3. The number of hydrogen-bond acceptors (Lipinski definition) is 3. The van der Waals surface area contributed by atoms with Crippen LogP contribution in [0.25, 0.3) is 10.1 Å². The van der Waals surface area contributed by atoms with E-state index in [1.54, 1.807) is 11.3 Å². The quantitative estimate of drug-likeness (QED) is 0.666. The Hall–Kier alpha value is -2.33. The van der Waals surface area contributed by atoms with Crippen LogP contribution in [0.1, 0.15) is 22.0 Å². The van der Waals surface area contributed by atoms with Gasteiger partial charge in [-0.1, -0.05) is 48.5 Å². The van der Waals surface area contributed by atoms with Gasteiger partial charge in [-0.3, -0.25) is 4.90 Å². The maximum atomic E-state index is 12.3. The van der Waals surface area contributed by atoms with E-state index in [1.807, 2.05) is 23.1 Å². The van der Waals surface area contributed by atoms with Gasteiger partial charge in [-0.05, 0) is 29.0 Å². The Morgan fingerprint density at radius 3 is 2.70 bits per heavy atom. The second-order valence-corrected chi connectivity index (χ2v) is 7.18. The molecule has 0 unspecified atom stereocenters. The molecule has 2 atom stereocenters. The van der Waals surface area contributed by atoms with Gasteiger partial charge in [-0.2, -0.15) is 0 Å². The van der Waals surface area contributed by atoms with Crippen LogP contribution < -0.4 is 0 Å². The van der Waals surface area contributed by atoms with Gasteiger partial charge in [-0.25, -0.2) is 4.79 Å². The van der Waals surface area contributed by atoms with Gasteiger partial charge in [0.25, 0.3) is 0 Å². The van der Waals surface area contributed by atoms with Crippen LogP contribution in [0.5, 0.6) is 0 Å². The monoisotopic (exact) mass is 321 g/mol. The minimum Gasteiger partial charge on any atom is -0.447 e. The lowest BCUT2D eigenvalue weighted by Gasteiger charge is -2.35. The maximum Gasteiger partial charge on any atom is 0.411 e. The molecule has 0 aliphatic carbocycles. The van der Waals surface area contributed by atoms with Gasteiger partial charge in [0, 0.05) is 9.58 Å². The normalized spacial score (nSPS) is 22.8. The zero-order chi connectivity index (χ0) is 15.4. The number of carbonyl (C=O) groups excluding carboxylic acids is 1. The van der Waals surface area contributed by atoms with Crippen LogP contribution in [0, 0.1) is 0 Å². The number of benzene rings is 2. The average Bonchev–Trinajstić information content (AvgIpc) is 3.15. The third-order valence-electron chi connectivity index (χ3n) is 4.81. The Bertz CT molecular complexity index is 902. The summed E-state index contributed by atoms with van der Waals surface area (Å²) in [5.74, 6) is 0. The van der Waals surface area contributed by atoms with Crippen molar-refractivity contribution in [3.63, 3.8) is 0 Å². The number of carbonyl (C=O) groups is 1. The number of nitrogens with zero attached hydrogens (tertiary/aromatic N) is 1. The van der Waals surface area contributed by atoms with E-state index < -0.39 is 0 Å². The SMILES string of the molecule is O=C1OC[C@@H]2Cc3c(sc4ccccc34)[C@@H](c3ccccc3)N12. The number of cyclic esters (lactones) is 1. The van der Waals surface area contributed by atoms with Gasteiger partial charge in [-0.15, -0.1) is 11.3 Å². The molecule has 0 saturated carbocycles. The zero-order valence-electron chi connectivity index (χ0n) is 12.4. The minimum atomic E-state index is -0.188. The molecule has 0 spiro atoms. The fourth-order valence-electron chi connectivity index (χ4n) is 3.80. The smallest absolute Gasteiger partial charge is 0.411 e. The molecule has 1 aromatic heterocycles. The van der Waals surface area contributed by atoms with E-state index in [4.69, 9.17) is 4.74 Å². The first-order chi connectivity index (χ1) is 11.3. The predicted molar refractivity (Wildman–Crippen MR) is 90.8 cm³/mol. The summed E-state index contributed by atoms with van der Waals surface area (Å²) in [4.78, 5) is 15.5. The first-order valence-corrected chi connectivity index (χ1v) is 8.65. The lowest BCUT2D eigenvalue weighted by Crippen LogP contribution is -2.42. The lowest BCUT2D eigenvalue weighted by molar-refractivity contribution is 0.148. The molecule has 3 heterocycles. The highest BCUT2D eigenvalue weighted by atomic mass is 32.1. The molecule has 4 heteroatoms.